The van der Waals surface area contributed by atoms with E-state index in [0.717, 1.165) is 12.1 Å². The van der Waals surface area contributed by atoms with Gasteiger partial charge in [0.15, 0.2) is 0 Å². The van der Waals surface area contributed by atoms with Gasteiger partial charge in [-0.15, -0.1) is 0 Å². The highest BCUT2D eigenvalue weighted by Crippen LogP contribution is 2.28. The van der Waals surface area contributed by atoms with Gasteiger partial charge in [0.25, 0.3) is 5.91 Å². The quantitative estimate of drug-likeness (QED) is 0.726. The zero-order valence-electron chi connectivity index (χ0n) is 14.3. The van der Waals surface area contributed by atoms with Gasteiger partial charge in [0, 0.05) is 31.9 Å². The van der Waals surface area contributed by atoms with E-state index in [0.29, 0.717) is 35.9 Å². The SMILES string of the molecule is Cn1cccc1-c1noc(C2CCN(C(=O)c3ccc(C#N)cc3)C2)n1. The van der Waals surface area contributed by atoms with Crippen LogP contribution < -0.4 is 0 Å². The first kappa shape index (κ1) is 16.1. The van der Waals surface area contributed by atoms with E-state index >= 15 is 0 Å². The van der Waals surface area contributed by atoms with E-state index in [1.807, 2.05) is 29.9 Å². The summed E-state index contributed by atoms with van der Waals surface area (Å²) in [6.45, 7) is 1.19. The second kappa shape index (κ2) is 6.48. The summed E-state index contributed by atoms with van der Waals surface area (Å²) < 4.78 is 7.38. The van der Waals surface area contributed by atoms with Crippen LogP contribution in [-0.2, 0) is 7.05 Å². The summed E-state index contributed by atoms with van der Waals surface area (Å²) in [5.74, 6) is 1.12. The van der Waals surface area contributed by atoms with Crippen LogP contribution in [0.3, 0.4) is 0 Å². The molecule has 2 aromatic heterocycles. The number of carbonyl (C=O) groups excluding carboxylic acids is 1. The molecule has 1 atom stereocenters. The Hall–Kier alpha value is -3.40. The van der Waals surface area contributed by atoms with Crippen molar-refractivity contribution in [1.82, 2.24) is 19.6 Å². The zero-order chi connectivity index (χ0) is 18.1. The van der Waals surface area contributed by atoms with Gasteiger partial charge in [-0.1, -0.05) is 5.16 Å². The van der Waals surface area contributed by atoms with Crippen molar-refractivity contribution in [3.8, 4) is 17.6 Å². The number of carbonyl (C=O) groups is 1. The van der Waals surface area contributed by atoms with Crippen molar-refractivity contribution in [1.29, 1.82) is 5.26 Å². The largest absolute Gasteiger partial charge is 0.348 e. The predicted octanol–water partition coefficient (Wildman–Crippen LogP) is 2.58. The maximum absolute atomic E-state index is 12.6. The molecule has 0 aliphatic carbocycles. The van der Waals surface area contributed by atoms with E-state index in [1.54, 1.807) is 29.2 Å². The van der Waals surface area contributed by atoms with E-state index in [2.05, 4.69) is 16.2 Å². The lowest BCUT2D eigenvalue weighted by Gasteiger charge is -2.15. The number of hydrogen-bond acceptors (Lipinski definition) is 5. The number of aromatic nitrogens is 3. The normalized spacial score (nSPS) is 16.6. The Balaban J connectivity index is 1.47. The van der Waals surface area contributed by atoms with Gasteiger partial charge in [-0.3, -0.25) is 4.79 Å². The van der Waals surface area contributed by atoms with Gasteiger partial charge in [0.2, 0.25) is 11.7 Å². The maximum Gasteiger partial charge on any atom is 0.253 e. The number of rotatable bonds is 3. The smallest absolute Gasteiger partial charge is 0.253 e. The van der Waals surface area contributed by atoms with Crippen molar-refractivity contribution < 1.29 is 9.32 Å². The topological polar surface area (TPSA) is 88.0 Å². The van der Waals surface area contributed by atoms with Gasteiger partial charge >= 0.3 is 0 Å². The maximum atomic E-state index is 12.6. The molecule has 1 amide bonds. The lowest BCUT2D eigenvalue weighted by Crippen LogP contribution is -2.28. The van der Waals surface area contributed by atoms with Gasteiger partial charge in [-0.25, -0.2) is 0 Å². The molecule has 0 radical (unpaired) electrons. The third kappa shape index (κ3) is 2.86. The molecule has 1 unspecified atom stereocenters. The second-order valence-corrected chi connectivity index (χ2v) is 6.39. The van der Waals surface area contributed by atoms with Crippen LogP contribution in [0.1, 0.15) is 34.2 Å². The molecule has 4 rings (SSSR count). The lowest BCUT2D eigenvalue weighted by atomic mass is 10.1. The van der Waals surface area contributed by atoms with Gasteiger partial charge in [-0.2, -0.15) is 10.2 Å². The Labute approximate surface area is 150 Å². The number of amides is 1. The zero-order valence-corrected chi connectivity index (χ0v) is 14.3. The Morgan fingerprint density at radius 2 is 2.12 bits per heavy atom. The van der Waals surface area contributed by atoms with Crippen LogP contribution >= 0.6 is 0 Å². The number of benzene rings is 1. The van der Waals surface area contributed by atoms with Crippen LogP contribution in [0.5, 0.6) is 0 Å². The van der Waals surface area contributed by atoms with E-state index in [9.17, 15) is 4.79 Å². The molecule has 1 aliphatic heterocycles. The van der Waals surface area contributed by atoms with Crippen LogP contribution in [-0.4, -0.2) is 38.6 Å². The molecule has 3 aromatic rings. The molecule has 0 bridgehead atoms. The molecule has 1 fully saturated rings. The van der Waals surface area contributed by atoms with Crippen molar-refractivity contribution in [3.05, 3.63) is 59.6 Å². The molecule has 0 spiro atoms. The highest BCUT2D eigenvalue weighted by atomic mass is 16.5. The fraction of sp³-hybridized carbons (Fsp3) is 0.263. The summed E-state index contributed by atoms with van der Waals surface area (Å²) in [7, 11) is 1.93. The first-order valence-corrected chi connectivity index (χ1v) is 8.40. The third-order valence-corrected chi connectivity index (χ3v) is 4.70. The van der Waals surface area contributed by atoms with E-state index < -0.39 is 0 Å². The summed E-state index contributed by atoms with van der Waals surface area (Å²) in [6.07, 6.45) is 2.72. The Morgan fingerprint density at radius 1 is 1.31 bits per heavy atom. The van der Waals surface area contributed by atoms with Crippen molar-refractivity contribution >= 4 is 5.91 Å². The third-order valence-electron chi connectivity index (χ3n) is 4.70. The van der Waals surface area contributed by atoms with Crippen LogP contribution in [0.4, 0.5) is 0 Å². The first-order valence-electron chi connectivity index (χ1n) is 8.40. The summed E-state index contributed by atoms with van der Waals surface area (Å²) in [6, 6.07) is 12.6. The Morgan fingerprint density at radius 3 is 2.81 bits per heavy atom. The summed E-state index contributed by atoms with van der Waals surface area (Å²) >= 11 is 0. The summed E-state index contributed by atoms with van der Waals surface area (Å²) in [5.41, 5.74) is 2.02. The molecule has 1 aromatic carbocycles. The van der Waals surface area contributed by atoms with Gasteiger partial charge in [-0.05, 0) is 42.8 Å². The minimum absolute atomic E-state index is 0.0406. The summed E-state index contributed by atoms with van der Waals surface area (Å²) in [5, 5.41) is 12.9. The molecule has 0 N–H and O–H groups in total. The average molecular weight is 347 g/mol. The predicted molar refractivity (Wildman–Crippen MR) is 93.1 cm³/mol. The van der Waals surface area contributed by atoms with Gasteiger partial charge < -0.3 is 14.0 Å². The molecular formula is C19H17N5O2. The van der Waals surface area contributed by atoms with Crippen LogP contribution in [0.15, 0.2) is 47.1 Å². The second-order valence-electron chi connectivity index (χ2n) is 6.39. The molecule has 7 nitrogen and oxygen atoms in total. The number of hydrogen-bond donors (Lipinski definition) is 0. The molecule has 130 valence electrons. The monoisotopic (exact) mass is 347 g/mol. The van der Waals surface area contributed by atoms with Crippen molar-refractivity contribution in [2.45, 2.75) is 12.3 Å². The highest BCUT2D eigenvalue weighted by Gasteiger charge is 2.31. The summed E-state index contributed by atoms with van der Waals surface area (Å²) in [4.78, 5) is 18.9. The molecule has 1 aliphatic rings. The molecule has 0 saturated carbocycles. The highest BCUT2D eigenvalue weighted by molar-refractivity contribution is 5.94. The Bertz CT molecular complexity index is 980. The number of likely N-dealkylation sites (tertiary alicyclic amines) is 1. The van der Waals surface area contributed by atoms with E-state index in [1.165, 1.54) is 0 Å². The minimum Gasteiger partial charge on any atom is -0.348 e. The first-order chi connectivity index (χ1) is 12.7. The average Bonchev–Trinajstić information content (AvgIpc) is 3.40. The van der Waals surface area contributed by atoms with E-state index in [4.69, 9.17) is 9.78 Å². The molecule has 7 heteroatoms. The van der Waals surface area contributed by atoms with Crippen LogP contribution in [0, 0.1) is 11.3 Å². The van der Waals surface area contributed by atoms with Gasteiger partial charge in [0.1, 0.15) is 0 Å². The fourth-order valence-electron chi connectivity index (χ4n) is 3.21. The molecule has 1 saturated heterocycles. The number of nitriles is 1. The fourth-order valence-corrected chi connectivity index (χ4v) is 3.21. The number of nitrogens with zero attached hydrogens (tertiary/aromatic N) is 5. The molecule has 3 heterocycles. The van der Waals surface area contributed by atoms with E-state index in [-0.39, 0.29) is 11.8 Å². The lowest BCUT2D eigenvalue weighted by molar-refractivity contribution is 0.0789. The van der Waals surface area contributed by atoms with Crippen LogP contribution in [0.25, 0.3) is 11.5 Å². The van der Waals surface area contributed by atoms with Crippen molar-refractivity contribution in [2.75, 3.05) is 13.1 Å². The van der Waals surface area contributed by atoms with Gasteiger partial charge in [0.05, 0.1) is 23.2 Å². The Kier molecular flexibility index (Phi) is 4.01. The standard InChI is InChI=1S/C19H17N5O2/c1-23-9-2-3-16(23)17-21-18(26-22-17)15-8-10-24(12-15)19(25)14-6-4-13(11-20)5-7-14/h2-7,9,15H,8,10,12H2,1H3. The minimum atomic E-state index is -0.0424. The van der Waals surface area contributed by atoms with Crippen LogP contribution in [0.2, 0.25) is 0 Å². The molecule has 26 heavy (non-hydrogen) atoms. The van der Waals surface area contributed by atoms with Crippen molar-refractivity contribution in [2.24, 2.45) is 7.05 Å². The number of aryl methyl sites for hydroxylation is 1. The van der Waals surface area contributed by atoms with Crippen molar-refractivity contribution in [3.63, 3.8) is 0 Å². The molecular weight excluding hydrogens is 330 g/mol.